The average Bonchev–Trinajstić information content (AvgIpc) is 2.87. The van der Waals surface area contributed by atoms with Crippen LogP contribution in [0.5, 0.6) is 0 Å². The summed E-state index contributed by atoms with van der Waals surface area (Å²) in [5.74, 6) is -1.16. The number of rotatable bonds is 4. The third-order valence-corrected chi connectivity index (χ3v) is 4.12. The van der Waals surface area contributed by atoms with Crippen LogP contribution in [0.2, 0.25) is 5.02 Å². The molecule has 3 amide bonds. The summed E-state index contributed by atoms with van der Waals surface area (Å²) in [6, 6.07) is 12.7. The van der Waals surface area contributed by atoms with Gasteiger partial charge in [-0.25, -0.2) is 10.3 Å². The molecule has 3 rings (SSSR count). The molecule has 1 saturated heterocycles. The third kappa shape index (κ3) is 3.70. The molecule has 0 aliphatic carbocycles. The van der Waals surface area contributed by atoms with Crippen molar-refractivity contribution < 1.29 is 14.4 Å². The largest absolute Gasteiger partial charge is 0.287 e. The maximum atomic E-state index is 12.5. The highest BCUT2D eigenvalue weighted by atomic mass is 35.5. The van der Waals surface area contributed by atoms with Crippen LogP contribution in [0.4, 0.5) is 5.69 Å². The van der Waals surface area contributed by atoms with Crippen LogP contribution >= 0.6 is 11.6 Å². The van der Waals surface area contributed by atoms with Gasteiger partial charge in [0.05, 0.1) is 12.1 Å². The fourth-order valence-electron chi connectivity index (χ4n) is 2.56. The second kappa shape index (κ2) is 7.04. The second-order valence-corrected chi connectivity index (χ2v) is 6.20. The third-order valence-electron chi connectivity index (χ3n) is 3.89. The highest BCUT2D eigenvalue weighted by Crippen LogP contribution is 2.25. The number of nitrogens with one attached hydrogen (secondary N) is 2. The Morgan fingerprint density at radius 3 is 2.56 bits per heavy atom. The number of aryl methyl sites for hydroxylation is 1. The van der Waals surface area contributed by atoms with Gasteiger partial charge in [-0.3, -0.25) is 19.8 Å². The normalized spacial score (nSPS) is 17.0. The van der Waals surface area contributed by atoms with E-state index in [1.807, 2.05) is 19.1 Å². The van der Waals surface area contributed by atoms with Crippen LogP contribution < -0.4 is 15.8 Å². The molecule has 0 spiro atoms. The van der Waals surface area contributed by atoms with E-state index in [1.54, 1.807) is 36.4 Å². The zero-order valence-electron chi connectivity index (χ0n) is 13.5. The number of hydrazine groups is 1. The molecule has 0 saturated carbocycles. The summed E-state index contributed by atoms with van der Waals surface area (Å²) in [6.45, 7) is 1.92. The summed E-state index contributed by atoms with van der Waals surface area (Å²) in [5, 5.41) is 0.433. The number of imide groups is 1. The van der Waals surface area contributed by atoms with Crippen molar-refractivity contribution in [2.45, 2.75) is 19.4 Å². The summed E-state index contributed by atoms with van der Waals surface area (Å²) in [7, 11) is 0. The number of anilines is 1. The van der Waals surface area contributed by atoms with Crippen LogP contribution in [-0.2, 0) is 9.59 Å². The first-order chi connectivity index (χ1) is 12.0. The number of halogens is 1. The van der Waals surface area contributed by atoms with Gasteiger partial charge >= 0.3 is 0 Å². The smallest absolute Gasteiger partial charge is 0.265 e. The van der Waals surface area contributed by atoms with Gasteiger partial charge in [0, 0.05) is 10.6 Å². The summed E-state index contributed by atoms with van der Waals surface area (Å²) in [5.41, 5.74) is 7.04. The highest BCUT2D eigenvalue weighted by molar-refractivity contribution is 6.31. The Morgan fingerprint density at radius 1 is 1.16 bits per heavy atom. The van der Waals surface area contributed by atoms with E-state index in [9.17, 15) is 14.4 Å². The first kappa shape index (κ1) is 17.1. The molecule has 128 valence electrons. The van der Waals surface area contributed by atoms with E-state index in [4.69, 9.17) is 11.6 Å². The number of benzene rings is 2. The lowest BCUT2D eigenvalue weighted by Gasteiger charge is -2.16. The second-order valence-electron chi connectivity index (χ2n) is 5.77. The standard InChI is InChI=1S/C18H16ClN3O3/c1-11-5-7-12(8-6-11)17(24)21-20-15-10-16(23)22(18(15)25)14-4-2-3-13(19)9-14/h2-9,15,20H,10H2,1H3,(H,21,24)/t15-/m1/s1. The molecule has 1 atom stereocenters. The molecule has 2 aromatic carbocycles. The van der Waals surface area contributed by atoms with E-state index in [2.05, 4.69) is 10.9 Å². The number of nitrogens with zero attached hydrogens (tertiary/aromatic N) is 1. The maximum absolute atomic E-state index is 12.5. The molecule has 0 bridgehead atoms. The summed E-state index contributed by atoms with van der Waals surface area (Å²) < 4.78 is 0. The lowest BCUT2D eigenvalue weighted by Crippen LogP contribution is -2.48. The van der Waals surface area contributed by atoms with Crippen LogP contribution in [0.3, 0.4) is 0 Å². The Kier molecular flexibility index (Phi) is 4.83. The van der Waals surface area contributed by atoms with E-state index in [0.717, 1.165) is 10.5 Å². The van der Waals surface area contributed by atoms with Crippen molar-refractivity contribution in [3.05, 3.63) is 64.7 Å². The minimum absolute atomic E-state index is 0.0421. The molecule has 0 aromatic heterocycles. The number of carbonyl (C=O) groups excluding carboxylic acids is 3. The van der Waals surface area contributed by atoms with E-state index in [1.165, 1.54) is 0 Å². The topological polar surface area (TPSA) is 78.5 Å². The van der Waals surface area contributed by atoms with Crippen LogP contribution in [0.1, 0.15) is 22.3 Å². The predicted octanol–water partition coefficient (Wildman–Crippen LogP) is 2.21. The van der Waals surface area contributed by atoms with Crippen molar-refractivity contribution >= 4 is 35.0 Å². The first-order valence-electron chi connectivity index (χ1n) is 7.70. The number of carbonyl (C=O) groups is 3. The SMILES string of the molecule is Cc1ccc(C(=O)NN[C@@H]2CC(=O)N(c3cccc(Cl)c3)C2=O)cc1. The van der Waals surface area contributed by atoms with E-state index < -0.39 is 11.9 Å². The van der Waals surface area contributed by atoms with Crippen LogP contribution in [0, 0.1) is 6.92 Å². The quantitative estimate of drug-likeness (QED) is 0.649. The molecule has 2 aromatic rings. The summed E-state index contributed by atoms with van der Waals surface area (Å²) >= 11 is 5.91. The van der Waals surface area contributed by atoms with E-state index >= 15 is 0 Å². The zero-order valence-corrected chi connectivity index (χ0v) is 14.2. The van der Waals surface area contributed by atoms with Gasteiger partial charge in [-0.05, 0) is 37.3 Å². The van der Waals surface area contributed by atoms with Crippen LogP contribution in [-0.4, -0.2) is 23.8 Å². The molecular weight excluding hydrogens is 342 g/mol. The van der Waals surface area contributed by atoms with Crippen LogP contribution in [0.15, 0.2) is 48.5 Å². The molecule has 25 heavy (non-hydrogen) atoms. The number of hydrogen-bond donors (Lipinski definition) is 2. The van der Waals surface area contributed by atoms with Gasteiger partial charge in [0.15, 0.2) is 0 Å². The van der Waals surface area contributed by atoms with E-state index in [-0.39, 0.29) is 18.2 Å². The molecule has 1 aliphatic rings. The minimum atomic E-state index is -0.819. The molecular formula is C18H16ClN3O3. The molecule has 1 fully saturated rings. The average molecular weight is 358 g/mol. The van der Waals surface area contributed by atoms with Gasteiger partial charge < -0.3 is 0 Å². The molecule has 0 radical (unpaired) electrons. The molecule has 1 aliphatic heterocycles. The highest BCUT2D eigenvalue weighted by Gasteiger charge is 2.39. The van der Waals surface area contributed by atoms with Crippen molar-refractivity contribution in [1.82, 2.24) is 10.9 Å². The molecule has 6 nitrogen and oxygen atoms in total. The Bertz CT molecular complexity index is 836. The Morgan fingerprint density at radius 2 is 1.88 bits per heavy atom. The van der Waals surface area contributed by atoms with Gasteiger partial charge in [-0.15, -0.1) is 0 Å². The lowest BCUT2D eigenvalue weighted by molar-refractivity contribution is -0.121. The lowest BCUT2D eigenvalue weighted by atomic mass is 10.1. The Hall–Kier alpha value is -2.70. The van der Waals surface area contributed by atoms with Gasteiger partial charge in [0.2, 0.25) is 5.91 Å². The zero-order chi connectivity index (χ0) is 18.0. The predicted molar refractivity (Wildman–Crippen MR) is 94.1 cm³/mol. The fraction of sp³-hybridized carbons (Fsp3) is 0.167. The van der Waals surface area contributed by atoms with Crippen LogP contribution in [0.25, 0.3) is 0 Å². The first-order valence-corrected chi connectivity index (χ1v) is 8.08. The number of amides is 3. The van der Waals surface area contributed by atoms with Crippen molar-refractivity contribution in [3.8, 4) is 0 Å². The molecule has 1 heterocycles. The van der Waals surface area contributed by atoms with Crippen molar-refractivity contribution in [1.29, 1.82) is 0 Å². The Balaban J connectivity index is 1.66. The molecule has 0 unspecified atom stereocenters. The fourth-order valence-corrected chi connectivity index (χ4v) is 2.75. The maximum Gasteiger partial charge on any atom is 0.265 e. The van der Waals surface area contributed by atoms with E-state index in [0.29, 0.717) is 16.3 Å². The van der Waals surface area contributed by atoms with Gasteiger partial charge in [-0.2, -0.15) is 0 Å². The van der Waals surface area contributed by atoms with Gasteiger partial charge in [0.25, 0.3) is 11.8 Å². The summed E-state index contributed by atoms with van der Waals surface area (Å²) in [4.78, 5) is 37.8. The Labute approximate surface area is 149 Å². The van der Waals surface area contributed by atoms with Crippen molar-refractivity contribution in [2.24, 2.45) is 0 Å². The minimum Gasteiger partial charge on any atom is -0.287 e. The van der Waals surface area contributed by atoms with Gasteiger partial charge in [0.1, 0.15) is 6.04 Å². The molecule has 2 N–H and O–H groups in total. The number of hydrogen-bond acceptors (Lipinski definition) is 4. The van der Waals surface area contributed by atoms with Crippen molar-refractivity contribution in [3.63, 3.8) is 0 Å². The van der Waals surface area contributed by atoms with Gasteiger partial charge in [-0.1, -0.05) is 35.4 Å². The van der Waals surface area contributed by atoms with Crippen molar-refractivity contribution in [2.75, 3.05) is 4.90 Å². The summed E-state index contributed by atoms with van der Waals surface area (Å²) in [6.07, 6.45) is -0.0421. The monoisotopic (exact) mass is 357 g/mol. The molecule has 7 heteroatoms.